The number of H-pyrrole nitrogens is 1. The van der Waals surface area contributed by atoms with Gasteiger partial charge in [-0.1, -0.05) is 0 Å². The molecule has 3 nitrogen and oxygen atoms in total. The first-order valence-corrected chi connectivity index (χ1v) is 4.30. The molecule has 0 bridgehead atoms. The summed E-state index contributed by atoms with van der Waals surface area (Å²) in [5, 5.41) is 0.986. The molecule has 0 spiro atoms. The van der Waals surface area contributed by atoms with Gasteiger partial charge in [-0.05, 0) is 24.6 Å². The van der Waals surface area contributed by atoms with Crippen LogP contribution >= 0.6 is 0 Å². The first-order chi connectivity index (χ1) is 6.70. The smallest absolute Gasteiger partial charge is 0.248 e. The number of methoxy groups -OCH3 is 1. The molecule has 1 N–H and O–H groups in total. The molecular formula is C11H10NO2. The molecule has 0 atom stereocenters. The summed E-state index contributed by atoms with van der Waals surface area (Å²) in [6.07, 6.45) is 0. The Morgan fingerprint density at radius 1 is 1.43 bits per heavy atom. The fourth-order valence-electron chi connectivity index (χ4n) is 1.46. The summed E-state index contributed by atoms with van der Waals surface area (Å²) >= 11 is 0. The number of aryl methyl sites for hydroxylation is 1. The molecule has 1 aromatic heterocycles. The fraction of sp³-hybridized carbons (Fsp3) is 0.182. The highest BCUT2D eigenvalue weighted by Crippen LogP contribution is 2.19. The highest BCUT2D eigenvalue weighted by molar-refractivity contribution is 5.82. The summed E-state index contributed by atoms with van der Waals surface area (Å²) in [6, 6.07) is 8.08. The van der Waals surface area contributed by atoms with E-state index in [4.69, 9.17) is 4.74 Å². The maximum Gasteiger partial charge on any atom is 0.248 e. The van der Waals surface area contributed by atoms with Crippen molar-refractivity contribution in [3.05, 3.63) is 40.2 Å². The number of aromatic nitrogens is 1. The summed E-state index contributed by atoms with van der Waals surface area (Å²) in [5.74, 6) is 0.674. The van der Waals surface area contributed by atoms with E-state index in [0.29, 0.717) is 5.75 Å². The molecule has 0 saturated heterocycles. The second kappa shape index (κ2) is 3.18. The molecule has 0 aliphatic heterocycles. The zero-order chi connectivity index (χ0) is 10.1. The first-order valence-electron chi connectivity index (χ1n) is 4.30. The molecule has 1 heterocycles. The number of rotatable bonds is 1. The third-order valence-electron chi connectivity index (χ3n) is 2.17. The Kier molecular flexibility index (Phi) is 2.00. The average Bonchev–Trinajstić information content (AvgIpc) is 2.17. The highest BCUT2D eigenvalue weighted by Gasteiger charge is 2.01. The molecule has 3 heteroatoms. The lowest BCUT2D eigenvalue weighted by Gasteiger charge is -2.03. The van der Waals surface area contributed by atoms with Crippen molar-refractivity contribution in [2.75, 3.05) is 7.11 Å². The molecular weight excluding hydrogens is 178 g/mol. The van der Waals surface area contributed by atoms with Gasteiger partial charge in [-0.25, -0.2) is 0 Å². The van der Waals surface area contributed by atoms with Gasteiger partial charge in [-0.15, -0.1) is 0 Å². The SMILES string of the molecule is COc1[c]cc2[nH]c(=O)cc(C)c2c1. The Labute approximate surface area is 81.3 Å². The molecule has 0 aliphatic carbocycles. The summed E-state index contributed by atoms with van der Waals surface area (Å²) in [7, 11) is 1.60. The van der Waals surface area contributed by atoms with Gasteiger partial charge in [0.15, 0.2) is 0 Å². The van der Waals surface area contributed by atoms with Crippen LogP contribution < -0.4 is 10.3 Å². The highest BCUT2D eigenvalue weighted by atomic mass is 16.5. The van der Waals surface area contributed by atoms with Crippen LogP contribution in [-0.2, 0) is 0 Å². The van der Waals surface area contributed by atoms with Gasteiger partial charge in [0, 0.05) is 23.0 Å². The predicted octanol–water partition coefficient (Wildman–Crippen LogP) is 1.65. The molecule has 0 saturated carbocycles. The van der Waals surface area contributed by atoms with Gasteiger partial charge < -0.3 is 9.72 Å². The van der Waals surface area contributed by atoms with Gasteiger partial charge in [0.1, 0.15) is 5.75 Å². The van der Waals surface area contributed by atoms with Crippen LogP contribution in [0.25, 0.3) is 10.9 Å². The number of ether oxygens (including phenoxy) is 1. The van der Waals surface area contributed by atoms with E-state index in [9.17, 15) is 4.79 Å². The summed E-state index contributed by atoms with van der Waals surface area (Å²) < 4.78 is 5.06. The average molecular weight is 188 g/mol. The van der Waals surface area contributed by atoms with Crippen LogP contribution in [0.4, 0.5) is 0 Å². The zero-order valence-corrected chi connectivity index (χ0v) is 8.05. The molecule has 1 radical (unpaired) electrons. The summed E-state index contributed by atoms with van der Waals surface area (Å²) in [5.41, 5.74) is 1.64. The van der Waals surface area contributed by atoms with Gasteiger partial charge in [0.2, 0.25) is 5.56 Å². The Bertz CT molecular complexity index is 528. The standard InChI is InChI=1S/C11H10NO2/c1-7-5-11(13)12-10-4-3-8(14-2)6-9(7)10/h4-6H,1-2H3,(H,12,13). The van der Waals surface area contributed by atoms with Crippen molar-refractivity contribution < 1.29 is 4.74 Å². The van der Waals surface area contributed by atoms with Gasteiger partial charge in [0.05, 0.1) is 7.11 Å². The van der Waals surface area contributed by atoms with Crippen LogP contribution in [0.2, 0.25) is 0 Å². The van der Waals surface area contributed by atoms with E-state index in [1.54, 1.807) is 19.2 Å². The molecule has 0 amide bonds. The van der Waals surface area contributed by atoms with Crippen LogP contribution in [0.15, 0.2) is 23.0 Å². The van der Waals surface area contributed by atoms with E-state index < -0.39 is 0 Å². The van der Waals surface area contributed by atoms with E-state index in [1.165, 1.54) is 0 Å². The van der Waals surface area contributed by atoms with Crippen molar-refractivity contribution >= 4 is 10.9 Å². The summed E-state index contributed by atoms with van der Waals surface area (Å²) in [4.78, 5) is 13.9. The second-order valence-electron chi connectivity index (χ2n) is 3.15. The van der Waals surface area contributed by atoms with Crippen LogP contribution in [0, 0.1) is 13.0 Å². The largest absolute Gasteiger partial charge is 0.496 e. The number of pyridine rings is 1. The van der Waals surface area contributed by atoms with Crippen molar-refractivity contribution in [2.45, 2.75) is 6.92 Å². The molecule has 0 fully saturated rings. The van der Waals surface area contributed by atoms with Gasteiger partial charge in [-0.3, -0.25) is 4.79 Å². The maximum absolute atomic E-state index is 11.2. The van der Waals surface area contributed by atoms with Crippen molar-refractivity contribution in [3.63, 3.8) is 0 Å². The first kappa shape index (κ1) is 8.81. The minimum atomic E-state index is -0.0893. The lowest BCUT2D eigenvalue weighted by molar-refractivity contribution is 0.414. The molecule has 1 aromatic carbocycles. The van der Waals surface area contributed by atoms with Gasteiger partial charge >= 0.3 is 0 Å². The normalized spacial score (nSPS) is 10.4. The van der Waals surface area contributed by atoms with E-state index in [0.717, 1.165) is 16.5 Å². The van der Waals surface area contributed by atoms with Crippen LogP contribution in [0.3, 0.4) is 0 Å². The number of aromatic amines is 1. The lowest BCUT2D eigenvalue weighted by atomic mass is 10.1. The molecule has 14 heavy (non-hydrogen) atoms. The number of hydrogen-bond donors (Lipinski definition) is 1. The number of nitrogens with one attached hydrogen (secondary N) is 1. The van der Waals surface area contributed by atoms with Crippen molar-refractivity contribution in [1.29, 1.82) is 0 Å². The topological polar surface area (TPSA) is 42.1 Å². The molecule has 2 rings (SSSR count). The Morgan fingerprint density at radius 2 is 2.21 bits per heavy atom. The minimum absolute atomic E-state index is 0.0893. The third kappa shape index (κ3) is 1.37. The third-order valence-corrected chi connectivity index (χ3v) is 2.17. The van der Waals surface area contributed by atoms with Gasteiger partial charge in [0.25, 0.3) is 0 Å². The Morgan fingerprint density at radius 3 is 2.93 bits per heavy atom. The predicted molar refractivity (Wildman–Crippen MR) is 54.7 cm³/mol. The van der Waals surface area contributed by atoms with E-state index >= 15 is 0 Å². The van der Waals surface area contributed by atoms with Crippen LogP contribution in [0.5, 0.6) is 5.75 Å². The Hall–Kier alpha value is -1.77. The molecule has 0 unspecified atom stereocenters. The minimum Gasteiger partial charge on any atom is -0.496 e. The van der Waals surface area contributed by atoms with E-state index in [1.807, 2.05) is 13.0 Å². The lowest BCUT2D eigenvalue weighted by Crippen LogP contribution is -2.04. The number of fused-ring (bicyclic) bond motifs is 1. The van der Waals surface area contributed by atoms with E-state index in [-0.39, 0.29) is 5.56 Å². The molecule has 0 aliphatic rings. The fourth-order valence-corrected chi connectivity index (χ4v) is 1.46. The van der Waals surface area contributed by atoms with Gasteiger partial charge in [-0.2, -0.15) is 0 Å². The van der Waals surface area contributed by atoms with Crippen LogP contribution in [-0.4, -0.2) is 12.1 Å². The second-order valence-corrected chi connectivity index (χ2v) is 3.15. The van der Waals surface area contributed by atoms with Crippen molar-refractivity contribution in [2.24, 2.45) is 0 Å². The van der Waals surface area contributed by atoms with E-state index in [2.05, 4.69) is 11.1 Å². The number of benzene rings is 1. The van der Waals surface area contributed by atoms with Crippen molar-refractivity contribution in [1.82, 2.24) is 4.98 Å². The number of hydrogen-bond acceptors (Lipinski definition) is 2. The monoisotopic (exact) mass is 188 g/mol. The summed E-state index contributed by atoms with van der Waals surface area (Å²) in [6.45, 7) is 1.90. The molecule has 71 valence electrons. The quantitative estimate of drug-likeness (QED) is 0.739. The maximum atomic E-state index is 11.2. The van der Waals surface area contributed by atoms with Crippen LogP contribution in [0.1, 0.15) is 5.56 Å². The van der Waals surface area contributed by atoms with Crippen molar-refractivity contribution in [3.8, 4) is 5.75 Å². The molecule has 2 aromatic rings. The Balaban J connectivity index is 2.82. The zero-order valence-electron chi connectivity index (χ0n) is 8.05.